The topological polar surface area (TPSA) is 80.6 Å². The lowest BCUT2D eigenvalue weighted by atomic mass is 10.2. The summed E-state index contributed by atoms with van der Waals surface area (Å²) in [6.07, 6.45) is 2.78. The number of ether oxygens (including phenoxy) is 1. The summed E-state index contributed by atoms with van der Waals surface area (Å²) in [5.41, 5.74) is 5.56. The van der Waals surface area contributed by atoms with Crippen LogP contribution in [0.15, 0.2) is 46.9 Å². The van der Waals surface area contributed by atoms with Crippen molar-refractivity contribution in [3.05, 3.63) is 59.6 Å². The Bertz CT molecular complexity index is 719. The molecule has 2 amide bonds. The highest BCUT2D eigenvalue weighted by molar-refractivity contribution is 5.92. The summed E-state index contributed by atoms with van der Waals surface area (Å²) < 4.78 is 10.6. The van der Waals surface area contributed by atoms with Crippen molar-refractivity contribution in [2.24, 2.45) is 0 Å². The maximum absolute atomic E-state index is 11.6. The average Bonchev–Trinajstić information content (AvgIpc) is 2.94. The number of carbonyl (C=O) groups is 2. The van der Waals surface area contributed by atoms with Crippen LogP contribution in [0.1, 0.15) is 17.1 Å². The van der Waals surface area contributed by atoms with E-state index in [0.717, 1.165) is 11.3 Å². The second-order valence-electron chi connectivity index (χ2n) is 4.92. The van der Waals surface area contributed by atoms with E-state index in [4.69, 9.17) is 9.15 Å². The Hall–Kier alpha value is -3.02. The summed E-state index contributed by atoms with van der Waals surface area (Å²) in [6.45, 7) is 3.55. The minimum absolute atomic E-state index is 0.190. The fourth-order valence-corrected chi connectivity index (χ4v) is 1.76. The van der Waals surface area contributed by atoms with E-state index in [1.54, 1.807) is 18.2 Å². The molecular formula is C17H18N2O4. The number of hydrogen-bond acceptors (Lipinski definition) is 4. The van der Waals surface area contributed by atoms with Gasteiger partial charge in [-0.05, 0) is 49.8 Å². The number of amides is 2. The first kappa shape index (κ1) is 16.4. The van der Waals surface area contributed by atoms with E-state index < -0.39 is 11.8 Å². The molecule has 1 aromatic heterocycles. The van der Waals surface area contributed by atoms with E-state index in [-0.39, 0.29) is 6.61 Å². The van der Waals surface area contributed by atoms with Crippen LogP contribution in [0.2, 0.25) is 0 Å². The molecule has 0 spiro atoms. The fourth-order valence-electron chi connectivity index (χ4n) is 1.76. The van der Waals surface area contributed by atoms with Crippen LogP contribution >= 0.6 is 0 Å². The molecule has 0 aliphatic heterocycles. The van der Waals surface area contributed by atoms with Crippen molar-refractivity contribution in [1.29, 1.82) is 0 Å². The average molecular weight is 314 g/mol. The zero-order valence-corrected chi connectivity index (χ0v) is 13.0. The maximum atomic E-state index is 11.6. The summed E-state index contributed by atoms with van der Waals surface area (Å²) in [7, 11) is 0. The third kappa shape index (κ3) is 5.70. The molecule has 0 saturated carbocycles. The number of hydrogen-bond donors (Lipinski definition) is 2. The third-order valence-corrected chi connectivity index (χ3v) is 2.84. The maximum Gasteiger partial charge on any atom is 0.276 e. The van der Waals surface area contributed by atoms with Gasteiger partial charge in [-0.15, -0.1) is 0 Å². The Morgan fingerprint density at radius 3 is 2.70 bits per heavy atom. The van der Waals surface area contributed by atoms with Crippen LogP contribution in [0, 0.1) is 13.8 Å². The van der Waals surface area contributed by atoms with Gasteiger partial charge >= 0.3 is 0 Å². The number of hydrazine groups is 1. The number of carbonyl (C=O) groups excluding carboxylic acids is 2. The minimum atomic E-state index is -0.469. The molecule has 1 aromatic carbocycles. The lowest BCUT2D eigenvalue weighted by molar-refractivity contribution is -0.128. The zero-order valence-electron chi connectivity index (χ0n) is 13.0. The molecule has 0 aliphatic rings. The molecule has 0 fully saturated rings. The van der Waals surface area contributed by atoms with E-state index >= 15 is 0 Å². The van der Waals surface area contributed by atoms with Gasteiger partial charge in [0.05, 0.1) is 0 Å². The van der Waals surface area contributed by atoms with Crippen LogP contribution in [0.4, 0.5) is 0 Å². The van der Waals surface area contributed by atoms with Gasteiger partial charge in [-0.2, -0.15) is 0 Å². The van der Waals surface area contributed by atoms with E-state index in [2.05, 4.69) is 10.9 Å². The highest BCUT2D eigenvalue weighted by Gasteiger charge is 2.04. The van der Waals surface area contributed by atoms with Gasteiger partial charge in [-0.3, -0.25) is 20.4 Å². The summed E-state index contributed by atoms with van der Waals surface area (Å²) >= 11 is 0. The first-order chi connectivity index (χ1) is 11.0. The van der Waals surface area contributed by atoms with Gasteiger partial charge in [0.25, 0.3) is 11.8 Å². The van der Waals surface area contributed by atoms with Crippen LogP contribution in [0.3, 0.4) is 0 Å². The fraction of sp³-hybridized carbons (Fsp3) is 0.176. The molecule has 6 heteroatoms. The monoisotopic (exact) mass is 314 g/mol. The number of furan rings is 1. The molecule has 0 saturated heterocycles. The molecule has 1 heterocycles. The molecular weight excluding hydrogens is 296 g/mol. The van der Waals surface area contributed by atoms with Crippen LogP contribution < -0.4 is 15.6 Å². The Balaban J connectivity index is 1.71. The zero-order chi connectivity index (χ0) is 16.7. The van der Waals surface area contributed by atoms with Crippen molar-refractivity contribution < 1.29 is 18.7 Å². The van der Waals surface area contributed by atoms with Crippen molar-refractivity contribution in [3.63, 3.8) is 0 Å². The minimum Gasteiger partial charge on any atom is -0.484 e. The van der Waals surface area contributed by atoms with Gasteiger partial charge < -0.3 is 9.15 Å². The van der Waals surface area contributed by atoms with E-state index in [1.807, 2.05) is 32.0 Å². The van der Waals surface area contributed by atoms with Crippen molar-refractivity contribution >= 4 is 17.9 Å². The number of benzene rings is 1. The number of nitrogens with one attached hydrogen (secondary N) is 2. The second-order valence-corrected chi connectivity index (χ2v) is 4.92. The van der Waals surface area contributed by atoms with Crippen LogP contribution in [-0.4, -0.2) is 18.4 Å². The summed E-state index contributed by atoms with van der Waals surface area (Å²) in [4.78, 5) is 23.1. The van der Waals surface area contributed by atoms with E-state index in [1.165, 1.54) is 12.2 Å². The molecule has 0 aliphatic carbocycles. The van der Waals surface area contributed by atoms with Gasteiger partial charge in [-0.25, -0.2) is 0 Å². The SMILES string of the molecule is Cc1cccc(OCC(=O)NNC(=O)C=Cc2ccc(C)o2)c1. The highest BCUT2D eigenvalue weighted by atomic mass is 16.5. The Kier molecular flexibility index (Phi) is 5.57. The molecule has 0 bridgehead atoms. The molecule has 23 heavy (non-hydrogen) atoms. The molecule has 0 atom stereocenters. The quantitative estimate of drug-likeness (QED) is 0.654. The highest BCUT2D eigenvalue weighted by Crippen LogP contribution is 2.11. The third-order valence-electron chi connectivity index (χ3n) is 2.84. The number of aryl methyl sites for hydroxylation is 2. The van der Waals surface area contributed by atoms with Gasteiger partial charge in [0.15, 0.2) is 6.61 Å². The second kappa shape index (κ2) is 7.84. The van der Waals surface area contributed by atoms with E-state index in [9.17, 15) is 9.59 Å². The normalized spacial score (nSPS) is 10.5. The Labute approximate surface area is 134 Å². The summed E-state index contributed by atoms with van der Waals surface area (Å²) in [6, 6.07) is 10.9. The standard InChI is InChI=1S/C17H18N2O4/c1-12-4-3-5-15(10-12)22-11-17(21)19-18-16(20)9-8-14-7-6-13(2)23-14/h3-10H,11H2,1-2H3,(H,18,20)(H,19,21). The smallest absolute Gasteiger partial charge is 0.276 e. The van der Waals surface area contributed by atoms with Crippen molar-refractivity contribution in [1.82, 2.24) is 10.9 Å². The van der Waals surface area contributed by atoms with E-state index in [0.29, 0.717) is 11.5 Å². The molecule has 120 valence electrons. The first-order valence-electron chi connectivity index (χ1n) is 7.06. The van der Waals surface area contributed by atoms with Gasteiger partial charge in [0.2, 0.25) is 0 Å². The Morgan fingerprint density at radius 1 is 1.17 bits per heavy atom. The number of rotatable bonds is 5. The van der Waals surface area contributed by atoms with Crippen molar-refractivity contribution in [3.8, 4) is 5.75 Å². The Morgan fingerprint density at radius 2 is 2.00 bits per heavy atom. The van der Waals surface area contributed by atoms with Gasteiger partial charge in [0, 0.05) is 6.08 Å². The van der Waals surface area contributed by atoms with Gasteiger partial charge in [0.1, 0.15) is 17.3 Å². The lowest BCUT2D eigenvalue weighted by Crippen LogP contribution is -2.43. The molecule has 2 rings (SSSR count). The van der Waals surface area contributed by atoms with Crippen LogP contribution in [0.25, 0.3) is 6.08 Å². The summed E-state index contributed by atoms with van der Waals surface area (Å²) in [5.74, 6) is 0.989. The largest absolute Gasteiger partial charge is 0.484 e. The molecule has 0 radical (unpaired) electrons. The lowest BCUT2D eigenvalue weighted by Gasteiger charge is -2.07. The van der Waals surface area contributed by atoms with Gasteiger partial charge in [-0.1, -0.05) is 12.1 Å². The predicted octanol–water partition coefficient (Wildman–Crippen LogP) is 2.14. The van der Waals surface area contributed by atoms with Crippen molar-refractivity contribution in [2.75, 3.05) is 6.61 Å². The molecule has 0 unspecified atom stereocenters. The van der Waals surface area contributed by atoms with Crippen molar-refractivity contribution in [2.45, 2.75) is 13.8 Å². The first-order valence-corrected chi connectivity index (χ1v) is 7.06. The van der Waals surface area contributed by atoms with Crippen LogP contribution in [0.5, 0.6) is 5.75 Å². The summed E-state index contributed by atoms with van der Waals surface area (Å²) in [5, 5.41) is 0. The molecule has 6 nitrogen and oxygen atoms in total. The molecule has 2 aromatic rings. The molecule has 2 N–H and O–H groups in total. The van der Waals surface area contributed by atoms with Crippen LogP contribution in [-0.2, 0) is 9.59 Å². The predicted molar refractivity (Wildman–Crippen MR) is 85.4 cm³/mol.